The summed E-state index contributed by atoms with van der Waals surface area (Å²) in [5, 5.41) is 0. The first-order chi connectivity index (χ1) is 11.2. The molecule has 0 aromatic heterocycles. The molecule has 23 heavy (non-hydrogen) atoms. The predicted octanol–water partition coefficient (Wildman–Crippen LogP) is 3.08. The molecule has 2 aromatic rings. The number of carbonyl (C=O) groups is 2. The Morgan fingerprint density at radius 3 is 2.22 bits per heavy atom. The van der Waals surface area contributed by atoms with Gasteiger partial charge in [-0.2, -0.15) is 0 Å². The maximum absolute atomic E-state index is 12.8. The second kappa shape index (κ2) is 6.65. The van der Waals surface area contributed by atoms with E-state index >= 15 is 0 Å². The topological polar surface area (TPSA) is 63.4 Å². The lowest BCUT2D eigenvalue weighted by atomic mass is 9.94. The Hall–Kier alpha value is -2.62. The van der Waals surface area contributed by atoms with Gasteiger partial charge in [0.05, 0.1) is 11.1 Å². The van der Waals surface area contributed by atoms with Crippen molar-refractivity contribution in [3.05, 3.63) is 59.7 Å². The van der Waals surface area contributed by atoms with Gasteiger partial charge in [-0.15, -0.1) is 0 Å². The molecule has 0 spiro atoms. The van der Waals surface area contributed by atoms with Crippen LogP contribution in [-0.2, 0) is 0 Å². The minimum Gasteiger partial charge on any atom is -0.366 e. The van der Waals surface area contributed by atoms with Crippen LogP contribution >= 0.6 is 0 Å². The zero-order chi connectivity index (χ0) is 16.2. The lowest BCUT2D eigenvalue weighted by Crippen LogP contribution is -2.36. The molecular formula is C19H20N2O2. The Morgan fingerprint density at radius 1 is 0.870 bits per heavy atom. The zero-order valence-corrected chi connectivity index (χ0v) is 13.0. The first kappa shape index (κ1) is 15.3. The van der Waals surface area contributed by atoms with Gasteiger partial charge in [-0.05, 0) is 36.5 Å². The number of nitrogens with two attached hydrogens (primary N) is 1. The minimum atomic E-state index is -0.565. The average molecular weight is 308 g/mol. The molecule has 2 N–H and O–H groups in total. The maximum Gasteiger partial charge on any atom is 0.254 e. The molecule has 118 valence electrons. The highest BCUT2D eigenvalue weighted by atomic mass is 16.2. The van der Waals surface area contributed by atoms with E-state index in [1.165, 1.54) is 0 Å². The molecule has 3 rings (SSSR count). The highest BCUT2D eigenvalue weighted by molar-refractivity contribution is 6.10. The van der Waals surface area contributed by atoms with Gasteiger partial charge in [0.1, 0.15) is 0 Å². The van der Waals surface area contributed by atoms with Gasteiger partial charge in [0.15, 0.2) is 0 Å². The minimum absolute atomic E-state index is 0.101. The molecule has 0 unspecified atom stereocenters. The average Bonchev–Trinajstić information content (AvgIpc) is 2.62. The number of nitrogens with zero attached hydrogens (tertiary/aromatic N) is 1. The SMILES string of the molecule is NC(=O)c1c(C(=O)N2CCCCC2)cccc1-c1ccccc1. The van der Waals surface area contributed by atoms with Crippen molar-refractivity contribution in [3.63, 3.8) is 0 Å². The maximum atomic E-state index is 12.8. The van der Waals surface area contributed by atoms with Crippen molar-refractivity contribution in [2.45, 2.75) is 19.3 Å². The van der Waals surface area contributed by atoms with E-state index in [4.69, 9.17) is 5.73 Å². The molecule has 1 heterocycles. The quantitative estimate of drug-likeness (QED) is 0.947. The standard InChI is InChI=1S/C19H20N2O2/c20-18(22)17-15(14-8-3-1-4-9-14)10-7-11-16(17)19(23)21-12-5-2-6-13-21/h1,3-4,7-11H,2,5-6,12-13H2,(H2,20,22). The van der Waals surface area contributed by atoms with E-state index in [1.807, 2.05) is 47.4 Å². The fourth-order valence-corrected chi connectivity index (χ4v) is 3.12. The van der Waals surface area contributed by atoms with Crippen LogP contribution in [0.15, 0.2) is 48.5 Å². The molecule has 0 radical (unpaired) electrons. The van der Waals surface area contributed by atoms with E-state index in [-0.39, 0.29) is 5.91 Å². The van der Waals surface area contributed by atoms with E-state index in [0.29, 0.717) is 16.7 Å². The molecule has 1 aliphatic heterocycles. The van der Waals surface area contributed by atoms with Crippen LogP contribution < -0.4 is 5.73 Å². The number of piperidine rings is 1. The van der Waals surface area contributed by atoms with Crippen LogP contribution in [0.25, 0.3) is 11.1 Å². The van der Waals surface area contributed by atoms with Crippen LogP contribution in [0.1, 0.15) is 40.0 Å². The van der Waals surface area contributed by atoms with E-state index in [2.05, 4.69) is 0 Å². The molecule has 4 nitrogen and oxygen atoms in total. The zero-order valence-electron chi connectivity index (χ0n) is 13.0. The van der Waals surface area contributed by atoms with E-state index < -0.39 is 5.91 Å². The van der Waals surface area contributed by atoms with Gasteiger partial charge >= 0.3 is 0 Å². The number of likely N-dealkylation sites (tertiary alicyclic amines) is 1. The van der Waals surface area contributed by atoms with Crippen molar-refractivity contribution in [1.29, 1.82) is 0 Å². The van der Waals surface area contributed by atoms with Gasteiger partial charge < -0.3 is 10.6 Å². The van der Waals surface area contributed by atoms with Gasteiger partial charge in [-0.25, -0.2) is 0 Å². The number of hydrogen-bond acceptors (Lipinski definition) is 2. The summed E-state index contributed by atoms with van der Waals surface area (Å²) < 4.78 is 0. The largest absolute Gasteiger partial charge is 0.366 e. The molecule has 1 fully saturated rings. The van der Waals surface area contributed by atoms with Gasteiger partial charge in [-0.3, -0.25) is 9.59 Å². The summed E-state index contributed by atoms with van der Waals surface area (Å²) in [7, 11) is 0. The summed E-state index contributed by atoms with van der Waals surface area (Å²) in [5.41, 5.74) is 7.92. The Kier molecular flexibility index (Phi) is 4.42. The molecule has 1 aliphatic rings. The molecule has 0 bridgehead atoms. The van der Waals surface area contributed by atoms with Crippen molar-refractivity contribution in [2.24, 2.45) is 5.73 Å². The first-order valence-electron chi connectivity index (χ1n) is 7.96. The smallest absolute Gasteiger partial charge is 0.254 e. The molecule has 4 heteroatoms. The van der Waals surface area contributed by atoms with Crippen molar-refractivity contribution in [2.75, 3.05) is 13.1 Å². The van der Waals surface area contributed by atoms with E-state index in [0.717, 1.165) is 37.9 Å². The predicted molar refractivity (Wildman–Crippen MR) is 90.2 cm³/mol. The molecular weight excluding hydrogens is 288 g/mol. The number of rotatable bonds is 3. The molecule has 1 saturated heterocycles. The summed E-state index contributed by atoms with van der Waals surface area (Å²) >= 11 is 0. The van der Waals surface area contributed by atoms with Crippen molar-refractivity contribution in [1.82, 2.24) is 4.90 Å². The lowest BCUT2D eigenvalue weighted by Gasteiger charge is -2.27. The number of carbonyl (C=O) groups excluding carboxylic acids is 2. The third-order valence-corrected chi connectivity index (χ3v) is 4.27. The van der Waals surface area contributed by atoms with E-state index in [9.17, 15) is 9.59 Å². The van der Waals surface area contributed by atoms with Crippen LogP contribution in [0.3, 0.4) is 0 Å². The van der Waals surface area contributed by atoms with Crippen molar-refractivity contribution >= 4 is 11.8 Å². The third kappa shape index (κ3) is 3.11. The van der Waals surface area contributed by atoms with Crippen LogP contribution in [-0.4, -0.2) is 29.8 Å². The number of primary amides is 1. The Bertz CT molecular complexity index is 719. The van der Waals surface area contributed by atoms with Gasteiger partial charge in [0.2, 0.25) is 5.91 Å². The molecule has 0 atom stereocenters. The fraction of sp³-hybridized carbons (Fsp3) is 0.263. The van der Waals surface area contributed by atoms with Crippen LogP contribution in [0.5, 0.6) is 0 Å². The number of benzene rings is 2. The lowest BCUT2D eigenvalue weighted by molar-refractivity contribution is 0.0720. The Balaban J connectivity index is 2.07. The van der Waals surface area contributed by atoms with Crippen molar-refractivity contribution in [3.8, 4) is 11.1 Å². The molecule has 0 aliphatic carbocycles. The van der Waals surface area contributed by atoms with Crippen molar-refractivity contribution < 1.29 is 9.59 Å². The highest BCUT2D eigenvalue weighted by Crippen LogP contribution is 2.27. The summed E-state index contributed by atoms with van der Waals surface area (Å²) in [6.07, 6.45) is 3.17. The number of amides is 2. The third-order valence-electron chi connectivity index (χ3n) is 4.27. The molecule has 2 amide bonds. The van der Waals surface area contributed by atoms with Crippen LogP contribution in [0, 0.1) is 0 Å². The van der Waals surface area contributed by atoms with Crippen LogP contribution in [0.2, 0.25) is 0 Å². The Morgan fingerprint density at radius 2 is 1.57 bits per heavy atom. The van der Waals surface area contributed by atoms with E-state index in [1.54, 1.807) is 6.07 Å². The molecule has 0 saturated carbocycles. The molecule has 2 aromatic carbocycles. The van der Waals surface area contributed by atoms with Gasteiger partial charge in [0.25, 0.3) is 5.91 Å². The van der Waals surface area contributed by atoms with Crippen LogP contribution in [0.4, 0.5) is 0 Å². The summed E-state index contributed by atoms with van der Waals surface area (Å²) in [5.74, 6) is -0.666. The highest BCUT2D eigenvalue weighted by Gasteiger charge is 2.24. The fourth-order valence-electron chi connectivity index (χ4n) is 3.12. The first-order valence-corrected chi connectivity index (χ1v) is 7.96. The second-order valence-corrected chi connectivity index (χ2v) is 5.81. The van der Waals surface area contributed by atoms with Gasteiger partial charge in [0, 0.05) is 13.1 Å². The van der Waals surface area contributed by atoms with Gasteiger partial charge in [-0.1, -0.05) is 42.5 Å². The normalized spacial score (nSPS) is 14.5. The summed E-state index contributed by atoms with van der Waals surface area (Å²) in [6, 6.07) is 14.9. The number of hydrogen-bond donors (Lipinski definition) is 1. The summed E-state index contributed by atoms with van der Waals surface area (Å²) in [6.45, 7) is 1.49. The monoisotopic (exact) mass is 308 g/mol. The second-order valence-electron chi connectivity index (χ2n) is 5.81. The Labute approximate surface area is 135 Å². The summed E-state index contributed by atoms with van der Waals surface area (Å²) in [4.78, 5) is 26.7.